The van der Waals surface area contributed by atoms with Crippen LogP contribution in [0, 0.1) is 6.92 Å². The number of rotatable bonds is 4. The first-order chi connectivity index (χ1) is 18.5. The molecule has 1 saturated heterocycles. The van der Waals surface area contributed by atoms with Crippen LogP contribution in [0.15, 0.2) is 85.3 Å². The van der Waals surface area contributed by atoms with E-state index < -0.39 is 0 Å². The van der Waals surface area contributed by atoms with Crippen LogP contribution < -0.4 is 4.90 Å². The summed E-state index contributed by atoms with van der Waals surface area (Å²) in [6.45, 7) is 4.51. The largest absolute Gasteiger partial charge is 0.352 e. The third kappa shape index (κ3) is 4.40. The number of anilines is 1. The van der Waals surface area contributed by atoms with Crippen molar-refractivity contribution in [2.75, 3.05) is 31.1 Å². The van der Waals surface area contributed by atoms with Gasteiger partial charge in [0.1, 0.15) is 12.1 Å². The van der Waals surface area contributed by atoms with Gasteiger partial charge in [0.25, 0.3) is 5.91 Å². The molecule has 5 aromatic rings. The number of hydrogen-bond acceptors (Lipinski definition) is 4. The molecule has 8 heteroatoms. The molecular weight excluding hydrogens is 517 g/mol. The lowest BCUT2D eigenvalue weighted by molar-refractivity contribution is 0.0747. The SMILES string of the molecule is Cc1ccccc1-n1cc(-c2ccccc2)c2c(N3CCN(C(=O)c4ccc(Cl)cc4Cl)CC3)ncnc21. The van der Waals surface area contributed by atoms with Gasteiger partial charge in [-0.25, -0.2) is 9.97 Å². The fraction of sp³-hybridized carbons (Fsp3) is 0.167. The average molecular weight is 542 g/mol. The van der Waals surface area contributed by atoms with Crippen LogP contribution in [0.25, 0.3) is 27.8 Å². The van der Waals surface area contributed by atoms with Gasteiger partial charge in [0.2, 0.25) is 0 Å². The molecule has 38 heavy (non-hydrogen) atoms. The van der Waals surface area contributed by atoms with E-state index >= 15 is 0 Å². The van der Waals surface area contributed by atoms with Crippen LogP contribution in [0.2, 0.25) is 10.0 Å². The molecule has 190 valence electrons. The minimum atomic E-state index is -0.0881. The van der Waals surface area contributed by atoms with Crippen LogP contribution >= 0.6 is 23.2 Å². The van der Waals surface area contributed by atoms with Gasteiger partial charge in [-0.15, -0.1) is 0 Å². The lowest BCUT2D eigenvalue weighted by Crippen LogP contribution is -2.49. The van der Waals surface area contributed by atoms with E-state index in [1.165, 1.54) is 0 Å². The zero-order chi connectivity index (χ0) is 26.2. The lowest BCUT2D eigenvalue weighted by Gasteiger charge is -2.36. The first-order valence-corrected chi connectivity index (χ1v) is 13.2. The van der Waals surface area contributed by atoms with Crippen molar-refractivity contribution in [1.82, 2.24) is 19.4 Å². The van der Waals surface area contributed by atoms with Crippen molar-refractivity contribution >= 4 is 46.0 Å². The third-order valence-corrected chi connectivity index (χ3v) is 7.60. The van der Waals surface area contributed by atoms with Crippen molar-refractivity contribution in [3.63, 3.8) is 0 Å². The molecule has 0 bridgehead atoms. The Balaban J connectivity index is 1.37. The van der Waals surface area contributed by atoms with E-state index in [4.69, 9.17) is 33.2 Å². The molecule has 1 amide bonds. The highest BCUT2D eigenvalue weighted by molar-refractivity contribution is 6.36. The number of fused-ring (bicyclic) bond motifs is 1. The first kappa shape index (κ1) is 24.5. The van der Waals surface area contributed by atoms with Crippen molar-refractivity contribution in [1.29, 1.82) is 0 Å². The molecule has 6 rings (SSSR count). The van der Waals surface area contributed by atoms with Crippen LogP contribution in [-0.2, 0) is 0 Å². The van der Waals surface area contributed by atoms with E-state index in [9.17, 15) is 4.79 Å². The van der Waals surface area contributed by atoms with Crippen LogP contribution in [0.4, 0.5) is 5.82 Å². The van der Waals surface area contributed by atoms with Gasteiger partial charge in [0.05, 0.1) is 16.0 Å². The smallest absolute Gasteiger partial charge is 0.255 e. The topological polar surface area (TPSA) is 54.3 Å². The highest BCUT2D eigenvalue weighted by Gasteiger charge is 2.27. The minimum Gasteiger partial charge on any atom is -0.352 e. The zero-order valence-corrected chi connectivity index (χ0v) is 22.3. The van der Waals surface area contributed by atoms with Crippen LogP contribution in [0.1, 0.15) is 15.9 Å². The van der Waals surface area contributed by atoms with Crippen LogP contribution in [-0.4, -0.2) is 51.5 Å². The number of halogens is 2. The van der Waals surface area contributed by atoms with Gasteiger partial charge in [0, 0.05) is 48.6 Å². The van der Waals surface area contributed by atoms with Gasteiger partial charge in [-0.3, -0.25) is 4.79 Å². The second-order valence-corrected chi connectivity index (χ2v) is 10.2. The van der Waals surface area contributed by atoms with Crippen molar-refractivity contribution in [2.45, 2.75) is 6.92 Å². The molecule has 0 spiro atoms. The summed E-state index contributed by atoms with van der Waals surface area (Å²) < 4.78 is 2.15. The van der Waals surface area contributed by atoms with Crippen LogP contribution in [0.5, 0.6) is 0 Å². The summed E-state index contributed by atoms with van der Waals surface area (Å²) in [6.07, 6.45) is 3.79. The standard InChI is InChI=1S/C30H25Cl2N5O/c1-20-7-5-6-10-26(20)37-18-24(21-8-3-2-4-9-21)27-28(33-19-34-29(27)37)35-13-15-36(16-14-35)30(38)23-12-11-22(31)17-25(23)32/h2-12,17-19H,13-16H2,1H3. The summed E-state index contributed by atoms with van der Waals surface area (Å²) in [5, 5.41) is 1.88. The predicted octanol–water partition coefficient (Wildman–Crippen LogP) is 6.67. The van der Waals surface area contributed by atoms with Gasteiger partial charge in [-0.1, -0.05) is 71.7 Å². The van der Waals surface area contributed by atoms with Gasteiger partial charge in [0.15, 0.2) is 5.65 Å². The fourth-order valence-corrected chi connectivity index (χ4v) is 5.58. The molecule has 2 aromatic heterocycles. The molecule has 0 N–H and O–H groups in total. The van der Waals surface area contributed by atoms with Crippen molar-refractivity contribution in [3.8, 4) is 16.8 Å². The maximum atomic E-state index is 13.2. The number of aromatic nitrogens is 3. The maximum Gasteiger partial charge on any atom is 0.255 e. The van der Waals surface area contributed by atoms with Crippen molar-refractivity contribution in [3.05, 3.63) is 106 Å². The highest BCUT2D eigenvalue weighted by atomic mass is 35.5. The van der Waals surface area contributed by atoms with Gasteiger partial charge >= 0.3 is 0 Å². The number of hydrogen-bond donors (Lipinski definition) is 0. The van der Waals surface area contributed by atoms with Crippen molar-refractivity contribution in [2.24, 2.45) is 0 Å². The first-order valence-electron chi connectivity index (χ1n) is 12.5. The van der Waals surface area contributed by atoms with E-state index in [1.807, 2.05) is 35.2 Å². The molecule has 0 aliphatic carbocycles. The number of piperazine rings is 1. The molecule has 3 aromatic carbocycles. The monoisotopic (exact) mass is 541 g/mol. The molecule has 1 aliphatic rings. The maximum absolute atomic E-state index is 13.2. The summed E-state index contributed by atoms with van der Waals surface area (Å²) in [7, 11) is 0. The Labute approximate surface area is 231 Å². The minimum absolute atomic E-state index is 0.0881. The van der Waals surface area contributed by atoms with E-state index in [-0.39, 0.29) is 5.91 Å². The third-order valence-electron chi connectivity index (χ3n) is 7.05. The second-order valence-electron chi connectivity index (χ2n) is 9.36. The van der Waals surface area contributed by atoms with Crippen LogP contribution in [0.3, 0.4) is 0 Å². The Hall–Kier alpha value is -3.87. The number of nitrogens with zero attached hydrogens (tertiary/aromatic N) is 5. The van der Waals surface area contributed by atoms with E-state index in [0.717, 1.165) is 39.2 Å². The van der Waals surface area contributed by atoms with Crippen molar-refractivity contribution < 1.29 is 4.79 Å². The molecule has 0 radical (unpaired) electrons. The zero-order valence-electron chi connectivity index (χ0n) is 20.8. The van der Waals surface area contributed by atoms with Gasteiger partial charge in [-0.05, 0) is 42.3 Å². The Morgan fingerprint density at radius 3 is 2.34 bits per heavy atom. The summed E-state index contributed by atoms with van der Waals surface area (Å²) in [6, 6.07) is 23.6. The molecule has 0 atom stereocenters. The molecule has 1 aliphatic heterocycles. The fourth-order valence-electron chi connectivity index (χ4n) is 5.09. The highest BCUT2D eigenvalue weighted by Crippen LogP contribution is 2.37. The average Bonchev–Trinajstić information content (AvgIpc) is 3.33. The molecular formula is C30H25Cl2N5O. The lowest BCUT2D eigenvalue weighted by atomic mass is 10.1. The quantitative estimate of drug-likeness (QED) is 0.255. The summed E-state index contributed by atoms with van der Waals surface area (Å²) in [5.74, 6) is 0.785. The summed E-state index contributed by atoms with van der Waals surface area (Å²) in [4.78, 5) is 26.7. The Morgan fingerprint density at radius 1 is 0.868 bits per heavy atom. The number of carbonyl (C=O) groups excluding carboxylic acids is 1. The molecule has 0 unspecified atom stereocenters. The van der Waals surface area contributed by atoms with E-state index in [1.54, 1.807) is 24.5 Å². The predicted molar refractivity (Wildman–Crippen MR) is 154 cm³/mol. The molecule has 0 saturated carbocycles. The van der Waals surface area contributed by atoms with E-state index in [0.29, 0.717) is 41.8 Å². The Kier molecular flexibility index (Phi) is 6.52. The Morgan fingerprint density at radius 2 is 1.61 bits per heavy atom. The number of aryl methyl sites for hydroxylation is 1. The van der Waals surface area contributed by atoms with E-state index in [2.05, 4.69) is 46.9 Å². The van der Waals surface area contributed by atoms with Gasteiger partial charge < -0.3 is 14.4 Å². The number of benzene rings is 3. The molecule has 1 fully saturated rings. The second kappa shape index (κ2) is 10.1. The number of para-hydroxylation sites is 1. The number of carbonyl (C=O) groups is 1. The summed E-state index contributed by atoms with van der Waals surface area (Å²) in [5.41, 5.74) is 5.75. The normalized spacial score (nSPS) is 13.8. The summed E-state index contributed by atoms with van der Waals surface area (Å²) >= 11 is 12.3. The number of amides is 1. The molecule has 6 nitrogen and oxygen atoms in total. The van der Waals surface area contributed by atoms with Gasteiger partial charge in [-0.2, -0.15) is 0 Å². The molecule has 3 heterocycles. The Bertz CT molecular complexity index is 1640.